The maximum atomic E-state index is 13.5. The van der Waals surface area contributed by atoms with Crippen molar-refractivity contribution >= 4 is 17.5 Å². The molecule has 0 bridgehead atoms. The highest BCUT2D eigenvalue weighted by Crippen LogP contribution is 2.27. The molecule has 0 saturated heterocycles. The molecule has 8 nitrogen and oxygen atoms in total. The minimum atomic E-state index is -0.280. The molecule has 1 aliphatic heterocycles. The fraction of sp³-hybridized carbons (Fsp3) is 0.394. The van der Waals surface area contributed by atoms with E-state index in [1.807, 2.05) is 6.07 Å². The van der Waals surface area contributed by atoms with E-state index in [9.17, 15) is 9.59 Å². The number of anilines is 1. The summed E-state index contributed by atoms with van der Waals surface area (Å²) < 4.78 is 17.5. The van der Waals surface area contributed by atoms with E-state index in [1.165, 1.54) is 5.56 Å². The van der Waals surface area contributed by atoms with Crippen molar-refractivity contribution in [2.24, 2.45) is 5.92 Å². The third-order valence-corrected chi connectivity index (χ3v) is 7.70. The van der Waals surface area contributed by atoms with Crippen molar-refractivity contribution in [1.29, 1.82) is 0 Å². The zero-order valence-electron chi connectivity index (χ0n) is 24.6. The van der Waals surface area contributed by atoms with Crippen molar-refractivity contribution in [3.63, 3.8) is 0 Å². The first-order valence-electron chi connectivity index (χ1n) is 14.1. The molecule has 3 aromatic rings. The number of fused-ring (bicyclic) bond motifs is 1. The summed E-state index contributed by atoms with van der Waals surface area (Å²) in [6.45, 7) is 6.83. The molecule has 0 spiro atoms. The van der Waals surface area contributed by atoms with E-state index in [2.05, 4.69) is 48.3 Å². The van der Waals surface area contributed by atoms with Crippen LogP contribution in [0.1, 0.15) is 40.1 Å². The van der Waals surface area contributed by atoms with Gasteiger partial charge in [0.05, 0.1) is 18.8 Å². The van der Waals surface area contributed by atoms with E-state index in [0.29, 0.717) is 41.5 Å². The van der Waals surface area contributed by atoms with Gasteiger partial charge in [-0.2, -0.15) is 0 Å². The molecule has 4 rings (SSSR count). The van der Waals surface area contributed by atoms with Gasteiger partial charge in [0.2, 0.25) is 0 Å². The summed E-state index contributed by atoms with van der Waals surface area (Å²) >= 11 is 0. The van der Waals surface area contributed by atoms with E-state index in [1.54, 1.807) is 68.6 Å². The van der Waals surface area contributed by atoms with Crippen LogP contribution in [0, 0.1) is 5.92 Å². The second kappa shape index (κ2) is 14.1. The Morgan fingerprint density at radius 3 is 2.51 bits per heavy atom. The number of nitrogens with zero attached hydrogens (tertiary/aromatic N) is 2. The minimum absolute atomic E-state index is 0.0776. The fourth-order valence-corrected chi connectivity index (χ4v) is 5.12. The minimum Gasteiger partial charge on any atom is -0.497 e. The fourth-order valence-electron chi connectivity index (χ4n) is 5.12. The molecular formula is C33H41N3O5. The molecule has 41 heavy (non-hydrogen) atoms. The van der Waals surface area contributed by atoms with E-state index in [0.717, 1.165) is 19.5 Å². The molecular weight excluding hydrogens is 518 g/mol. The Balaban J connectivity index is 1.59. The Morgan fingerprint density at radius 2 is 1.78 bits per heavy atom. The second-order valence-electron chi connectivity index (χ2n) is 10.7. The number of benzene rings is 3. The zero-order valence-corrected chi connectivity index (χ0v) is 24.6. The van der Waals surface area contributed by atoms with Gasteiger partial charge >= 0.3 is 0 Å². The third-order valence-electron chi connectivity index (χ3n) is 7.70. The summed E-state index contributed by atoms with van der Waals surface area (Å²) in [5, 5.41) is 2.92. The monoisotopic (exact) mass is 559 g/mol. The number of hydrogen-bond acceptors (Lipinski definition) is 6. The summed E-state index contributed by atoms with van der Waals surface area (Å²) in [6, 6.07) is 22.7. The van der Waals surface area contributed by atoms with Gasteiger partial charge in [0, 0.05) is 57.2 Å². The van der Waals surface area contributed by atoms with E-state index >= 15 is 0 Å². The van der Waals surface area contributed by atoms with Crippen LogP contribution in [0.4, 0.5) is 5.69 Å². The SMILES string of the molecule is COc1cccc(C(=O)Nc2ccc3c(c2)OC[C@@H](C)N(CCc2ccccc2)C[C@H](C)[C@@H](OC)CN(C)C3=O)c1. The predicted molar refractivity (Wildman–Crippen MR) is 161 cm³/mol. The molecule has 0 saturated carbocycles. The standard InChI is InChI=1S/C33H41N3O5/c1-23-20-36(17-16-25-10-7-6-8-11-25)24(2)22-41-30-19-27(34-32(37)26-12-9-13-28(18-26)39-4)14-15-29(30)33(38)35(3)21-31(23)40-5/h6-15,18-19,23-24,31H,16-17,20-22H2,1-5H3,(H,34,37)/t23-,24+,31-/m0/s1. The summed E-state index contributed by atoms with van der Waals surface area (Å²) in [5.41, 5.74) is 2.74. The molecule has 1 aliphatic rings. The van der Waals surface area contributed by atoms with Crippen LogP contribution in [0.15, 0.2) is 72.8 Å². The van der Waals surface area contributed by atoms with Crippen molar-refractivity contribution in [2.75, 3.05) is 52.8 Å². The van der Waals surface area contributed by atoms with E-state index in [4.69, 9.17) is 14.2 Å². The Morgan fingerprint density at radius 1 is 1.00 bits per heavy atom. The largest absolute Gasteiger partial charge is 0.497 e. The lowest BCUT2D eigenvalue weighted by Gasteiger charge is -2.36. The highest BCUT2D eigenvalue weighted by atomic mass is 16.5. The van der Waals surface area contributed by atoms with Gasteiger partial charge in [-0.3, -0.25) is 14.5 Å². The van der Waals surface area contributed by atoms with Gasteiger partial charge < -0.3 is 24.4 Å². The van der Waals surface area contributed by atoms with Crippen molar-refractivity contribution in [1.82, 2.24) is 9.80 Å². The number of carbonyl (C=O) groups excluding carboxylic acids is 2. The lowest BCUT2D eigenvalue weighted by atomic mass is 10.0. The van der Waals surface area contributed by atoms with Crippen LogP contribution in [0.5, 0.6) is 11.5 Å². The Kier molecular flexibility index (Phi) is 10.4. The normalized spacial score (nSPS) is 20.3. The lowest BCUT2D eigenvalue weighted by molar-refractivity contribution is 0.0109. The second-order valence-corrected chi connectivity index (χ2v) is 10.7. The number of rotatable bonds is 7. The van der Waals surface area contributed by atoms with Gasteiger partial charge in [-0.1, -0.05) is 43.3 Å². The summed E-state index contributed by atoms with van der Waals surface area (Å²) in [7, 11) is 5.05. The molecule has 0 aromatic heterocycles. The quantitative estimate of drug-likeness (QED) is 0.439. The van der Waals surface area contributed by atoms with E-state index < -0.39 is 0 Å². The molecule has 3 aromatic carbocycles. The molecule has 3 atom stereocenters. The number of nitrogens with one attached hydrogen (secondary N) is 1. The summed E-state index contributed by atoms with van der Waals surface area (Å²) in [4.78, 5) is 30.6. The number of ether oxygens (including phenoxy) is 3. The van der Waals surface area contributed by atoms with Gasteiger partial charge in [-0.05, 0) is 55.2 Å². The smallest absolute Gasteiger partial charge is 0.257 e. The third kappa shape index (κ3) is 7.86. The zero-order chi connectivity index (χ0) is 29.4. The summed E-state index contributed by atoms with van der Waals surface area (Å²) in [6.07, 6.45) is 0.797. The van der Waals surface area contributed by atoms with Crippen LogP contribution in [0.3, 0.4) is 0 Å². The van der Waals surface area contributed by atoms with Crippen LogP contribution in [-0.4, -0.2) is 81.3 Å². The average molecular weight is 560 g/mol. The molecule has 0 aliphatic carbocycles. The highest BCUT2D eigenvalue weighted by molar-refractivity contribution is 6.05. The van der Waals surface area contributed by atoms with Crippen molar-refractivity contribution in [2.45, 2.75) is 32.4 Å². The number of hydrogen-bond donors (Lipinski definition) is 1. The van der Waals surface area contributed by atoms with Crippen LogP contribution in [-0.2, 0) is 11.2 Å². The Labute approximate surface area is 243 Å². The first-order valence-corrected chi connectivity index (χ1v) is 14.1. The maximum absolute atomic E-state index is 13.5. The molecule has 218 valence electrons. The molecule has 0 unspecified atom stereocenters. The first-order chi connectivity index (χ1) is 19.8. The van der Waals surface area contributed by atoms with Crippen molar-refractivity contribution in [3.8, 4) is 11.5 Å². The average Bonchev–Trinajstić information content (AvgIpc) is 3.00. The Bertz CT molecular complexity index is 1320. The molecule has 1 heterocycles. The Hall–Kier alpha value is -3.88. The number of amides is 2. The molecule has 1 N–H and O–H groups in total. The molecule has 8 heteroatoms. The topological polar surface area (TPSA) is 80.3 Å². The van der Waals surface area contributed by atoms with Gasteiger partial charge in [-0.25, -0.2) is 0 Å². The predicted octanol–water partition coefficient (Wildman–Crippen LogP) is 5.00. The van der Waals surface area contributed by atoms with Crippen LogP contribution in [0.25, 0.3) is 0 Å². The van der Waals surface area contributed by atoms with Gasteiger partial charge in [0.25, 0.3) is 11.8 Å². The van der Waals surface area contributed by atoms with Crippen LogP contribution in [0.2, 0.25) is 0 Å². The van der Waals surface area contributed by atoms with Gasteiger partial charge in [0.15, 0.2) is 0 Å². The maximum Gasteiger partial charge on any atom is 0.257 e. The molecule has 0 radical (unpaired) electrons. The first kappa shape index (κ1) is 30.1. The number of carbonyl (C=O) groups is 2. The number of methoxy groups -OCH3 is 2. The lowest BCUT2D eigenvalue weighted by Crippen LogP contribution is -2.47. The highest BCUT2D eigenvalue weighted by Gasteiger charge is 2.28. The molecule has 0 fully saturated rings. The van der Waals surface area contributed by atoms with E-state index in [-0.39, 0.29) is 29.9 Å². The molecule has 2 amide bonds. The number of likely N-dealkylation sites (N-methyl/N-ethyl adjacent to an activating group) is 1. The van der Waals surface area contributed by atoms with Crippen molar-refractivity contribution in [3.05, 3.63) is 89.5 Å². The van der Waals surface area contributed by atoms with Gasteiger partial charge in [0.1, 0.15) is 18.1 Å². The van der Waals surface area contributed by atoms with Crippen molar-refractivity contribution < 1.29 is 23.8 Å². The van der Waals surface area contributed by atoms with Crippen LogP contribution >= 0.6 is 0 Å². The summed E-state index contributed by atoms with van der Waals surface area (Å²) in [5.74, 6) is 0.790. The van der Waals surface area contributed by atoms with Crippen LogP contribution < -0.4 is 14.8 Å². The van der Waals surface area contributed by atoms with Gasteiger partial charge in [-0.15, -0.1) is 0 Å².